The van der Waals surface area contributed by atoms with Gasteiger partial charge in [-0.25, -0.2) is 18.9 Å². The summed E-state index contributed by atoms with van der Waals surface area (Å²) in [5.41, 5.74) is 0.691. The van der Waals surface area contributed by atoms with Crippen LogP contribution in [0.25, 0.3) is 0 Å². The van der Waals surface area contributed by atoms with Crippen LogP contribution in [0.4, 0.5) is 13.2 Å². The van der Waals surface area contributed by atoms with Crippen LogP contribution in [0.3, 0.4) is 0 Å². The number of ether oxygens (including phenoxy) is 1. The minimum absolute atomic E-state index is 0. The van der Waals surface area contributed by atoms with Crippen molar-refractivity contribution in [1.29, 1.82) is 0 Å². The van der Waals surface area contributed by atoms with Crippen LogP contribution in [0, 0.1) is 0 Å². The largest absolute Gasteiger partial charge is 0.457 e. The molecule has 1 saturated heterocycles. The fraction of sp³-hybridized carbons (Fsp3) is 0.304. The van der Waals surface area contributed by atoms with Crippen molar-refractivity contribution < 1.29 is 36.3 Å². The summed E-state index contributed by atoms with van der Waals surface area (Å²) >= 11 is 0. The van der Waals surface area contributed by atoms with Gasteiger partial charge in [-0.2, -0.15) is 13.2 Å². The van der Waals surface area contributed by atoms with E-state index in [9.17, 15) is 31.6 Å². The Balaban J connectivity index is 0.00000253. The number of hydroxylamine groups is 1. The minimum Gasteiger partial charge on any atom is -0.457 e. The summed E-state index contributed by atoms with van der Waals surface area (Å²) in [5, 5.41) is 9.33. The van der Waals surface area contributed by atoms with Gasteiger partial charge in [0, 0.05) is 25.5 Å². The first-order valence-corrected chi connectivity index (χ1v) is 12.4. The molecule has 1 amide bonds. The van der Waals surface area contributed by atoms with E-state index in [1.165, 1.54) is 29.7 Å². The van der Waals surface area contributed by atoms with Crippen molar-refractivity contribution in [3.05, 3.63) is 72.3 Å². The van der Waals surface area contributed by atoms with Gasteiger partial charge < -0.3 is 9.72 Å². The number of nitrogens with zero attached hydrogens (tertiary/aromatic N) is 2. The van der Waals surface area contributed by atoms with E-state index in [1.807, 2.05) is 4.90 Å². The van der Waals surface area contributed by atoms with E-state index in [1.54, 1.807) is 12.4 Å². The highest BCUT2D eigenvalue weighted by molar-refractivity contribution is 7.93. The first-order valence-electron chi connectivity index (χ1n) is 10.9. The lowest BCUT2D eigenvalue weighted by Gasteiger charge is -2.39. The van der Waals surface area contributed by atoms with Gasteiger partial charge in [0.1, 0.15) is 17.3 Å². The second-order valence-electron chi connectivity index (χ2n) is 8.35. The van der Waals surface area contributed by atoms with E-state index in [4.69, 9.17) is 4.74 Å². The van der Waals surface area contributed by atoms with E-state index in [2.05, 4.69) is 9.97 Å². The zero-order chi connectivity index (χ0) is 26.0. The molecule has 3 N–H and O–H groups in total. The number of imidazole rings is 1. The topological polar surface area (TPSA) is 125 Å². The number of benzene rings is 2. The van der Waals surface area contributed by atoms with Crippen LogP contribution < -0.4 is 10.2 Å². The van der Waals surface area contributed by atoms with Gasteiger partial charge in [0.15, 0.2) is 14.6 Å². The van der Waals surface area contributed by atoms with E-state index in [0.29, 0.717) is 12.4 Å². The maximum atomic E-state index is 13.6. The SMILES string of the molecule is Cl.Cl.O=C(NO)C1(S(=O)(=O)c2ccc(Oc3ccc(C(F)(F)F)cc3)cc2)CCN(Cc2ncc[nH]2)CC1. The van der Waals surface area contributed by atoms with Crippen molar-refractivity contribution in [3.8, 4) is 11.5 Å². The Bertz CT molecular complexity index is 1300. The zero-order valence-corrected chi connectivity index (χ0v) is 22.1. The second kappa shape index (κ2) is 12.3. The monoisotopic (exact) mass is 596 g/mol. The number of nitrogens with one attached hydrogen (secondary N) is 2. The number of aromatic nitrogens is 2. The standard InChI is InChI=1S/C23H23F3N4O5S.2ClH/c24-23(25,26)16-1-3-17(4-2-16)35-18-5-7-19(8-6-18)36(33,34)22(21(31)29-32)9-13-30(14-10-22)15-20-27-11-12-28-20;;/h1-8,11-12,32H,9-10,13-15H2,(H,27,28)(H,29,31);2*1H. The number of hydrogen-bond donors (Lipinski definition) is 3. The summed E-state index contributed by atoms with van der Waals surface area (Å²) in [6.07, 6.45) is -1.28. The molecule has 38 heavy (non-hydrogen) atoms. The lowest BCUT2D eigenvalue weighted by Crippen LogP contribution is -2.57. The number of alkyl halides is 3. The summed E-state index contributed by atoms with van der Waals surface area (Å²) in [7, 11) is -4.23. The fourth-order valence-electron chi connectivity index (χ4n) is 4.15. The molecule has 1 aliphatic rings. The molecule has 2 aromatic carbocycles. The fourth-order valence-corrected chi connectivity index (χ4v) is 6.10. The molecule has 0 atom stereocenters. The Kier molecular flexibility index (Phi) is 10.2. The average molecular weight is 597 g/mol. The maximum absolute atomic E-state index is 13.6. The first kappa shape index (κ1) is 31.4. The smallest absolute Gasteiger partial charge is 0.416 e. The number of halogens is 5. The highest BCUT2D eigenvalue weighted by Gasteiger charge is 2.53. The predicted molar refractivity (Wildman–Crippen MR) is 135 cm³/mol. The first-order chi connectivity index (χ1) is 17.0. The Morgan fingerprint density at radius 1 is 1.05 bits per heavy atom. The van der Waals surface area contributed by atoms with Gasteiger partial charge in [0.25, 0.3) is 5.91 Å². The zero-order valence-electron chi connectivity index (χ0n) is 19.6. The summed E-state index contributed by atoms with van der Waals surface area (Å²) in [6, 6.07) is 9.29. The van der Waals surface area contributed by atoms with Crippen LogP contribution in [-0.4, -0.2) is 52.2 Å². The van der Waals surface area contributed by atoms with Gasteiger partial charge in [-0.15, -0.1) is 24.8 Å². The van der Waals surface area contributed by atoms with Crippen molar-refractivity contribution in [2.24, 2.45) is 0 Å². The third-order valence-corrected chi connectivity index (χ3v) is 8.69. The Morgan fingerprint density at radius 3 is 2.08 bits per heavy atom. The molecule has 3 aromatic rings. The quantitative estimate of drug-likeness (QED) is 0.273. The van der Waals surface area contributed by atoms with Gasteiger partial charge >= 0.3 is 6.18 Å². The number of hydrogen-bond acceptors (Lipinski definition) is 7. The molecule has 208 valence electrons. The highest BCUT2D eigenvalue weighted by atomic mass is 35.5. The number of piperidine rings is 1. The van der Waals surface area contributed by atoms with Crippen LogP contribution in [0.15, 0.2) is 65.8 Å². The van der Waals surface area contributed by atoms with Crippen molar-refractivity contribution in [2.75, 3.05) is 13.1 Å². The molecule has 0 spiro atoms. The van der Waals surface area contributed by atoms with Crippen LogP contribution in [-0.2, 0) is 27.4 Å². The van der Waals surface area contributed by atoms with E-state index >= 15 is 0 Å². The molecule has 0 radical (unpaired) electrons. The predicted octanol–water partition coefficient (Wildman–Crippen LogP) is 4.38. The van der Waals surface area contributed by atoms with Crippen molar-refractivity contribution in [2.45, 2.75) is 35.2 Å². The molecule has 9 nitrogen and oxygen atoms in total. The average Bonchev–Trinajstić information content (AvgIpc) is 3.37. The molecule has 0 aliphatic carbocycles. The van der Waals surface area contributed by atoms with Crippen molar-refractivity contribution >= 4 is 40.6 Å². The van der Waals surface area contributed by atoms with Gasteiger partial charge in [-0.1, -0.05) is 0 Å². The molecule has 1 aliphatic heterocycles. The number of amides is 1. The van der Waals surface area contributed by atoms with E-state index < -0.39 is 32.2 Å². The van der Waals surface area contributed by atoms with Gasteiger partial charge in [0.05, 0.1) is 17.0 Å². The van der Waals surface area contributed by atoms with Gasteiger partial charge in [-0.3, -0.25) is 14.9 Å². The Hall–Kier alpha value is -2.84. The highest BCUT2D eigenvalue weighted by Crippen LogP contribution is 2.37. The van der Waals surface area contributed by atoms with E-state index in [-0.39, 0.29) is 67.1 Å². The molecule has 0 unspecified atom stereocenters. The Labute approximate surface area is 229 Å². The summed E-state index contributed by atoms with van der Waals surface area (Å²) < 4.78 is 69.0. The molecule has 4 rings (SSSR count). The molecule has 15 heteroatoms. The molecule has 0 saturated carbocycles. The lowest BCUT2D eigenvalue weighted by atomic mass is 9.95. The summed E-state index contributed by atoms with van der Waals surface area (Å²) in [6.45, 7) is 1.02. The number of rotatable bonds is 7. The van der Waals surface area contributed by atoms with Crippen molar-refractivity contribution in [3.63, 3.8) is 0 Å². The Morgan fingerprint density at radius 2 is 1.61 bits per heavy atom. The molecule has 1 aromatic heterocycles. The molecular weight excluding hydrogens is 572 g/mol. The third-order valence-electron chi connectivity index (χ3n) is 6.17. The number of likely N-dealkylation sites (tertiary alicyclic amines) is 1. The number of carbonyl (C=O) groups is 1. The number of aromatic amines is 1. The normalized spacial score (nSPS) is 15.6. The van der Waals surface area contributed by atoms with E-state index in [0.717, 1.165) is 24.3 Å². The molecular formula is C23H25Cl2F3N4O5S. The maximum Gasteiger partial charge on any atom is 0.416 e. The summed E-state index contributed by atoms with van der Waals surface area (Å²) in [5.74, 6) is 0.0344. The van der Waals surface area contributed by atoms with Crippen molar-refractivity contribution in [1.82, 2.24) is 20.3 Å². The second-order valence-corrected chi connectivity index (χ2v) is 10.6. The minimum atomic E-state index is -4.47. The van der Waals surface area contributed by atoms with Crippen LogP contribution >= 0.6 is 24.8 Å². The molecule has 2 heterocycles. The lowest BCUT2D eigenvalue weighted by molar-refractivity contribution is -0.137. The third kappa shape index (κ3) is 6.41. The van der Waals surface area contributed by atoms with Crippen LogP contribution in [0.5, 0.6) is 11.5 Å². The summed E-state index contributed by atoms with van der Waals surface area (Å²) in [4.78, 5) is 21.6. The van der Waals surface area contributed by atoms with Gasteiger partial charge in [-0.05, 0) is 61.4 Å². The van der Waals surface area contributed by atoms with Gasteiger partial charge in [0.2, 0.25) is 0 Å². The molecule has 1 fully saturated rings. The number of carbonyl (C=O) groups excluding carboxylic acids is 1. The molecule has 0 bridgehead atoms. The number of sulfone groups is 1. The number of H-pyrrole nitrogens is 1. The van der Waals surface area contributed by atoms with Crippen LogP contribution in [0.1, 0.15) is 24.2 Å². The van der Waals surface area contributed by atoms with Crippen LogP contribution in [0.2, 0.25) is 0 Å².